The second kappa shape index (κ2) is 13.3. The average Bonchev–Trinajstić information content (AvgIpc) is 3.90. The topological polar surface area (TPSA) is 51.8 Å². The van der Waals surface area contributed by atoms with E-state index in [9.17, 15) is 0 Å². The highest BCUT2D eigenvalue weighted by Gasteiger charge is 2.26. The van der Waals surface area contributed by atoms with Crippen molar-refractivity contribution >= 4 is 49.8 Å². The summed E-state index contributed by atoms with van der Waals surface area (Å²) in [5.41, 5.74) is 14.3. The van der Waals surface area contributed by atoms with Gasteiger partial charge in [-0.25, -0.2) is 15.0 Å². The van der Waals surface area contributed by atoms with Crippen LogP contribution in [-0.2, 0) is 0 Å². The van der Waals surface area contributed by atoms with Crippen LogP contribution in [0.2, 0.25) is 0 Å². The lowest BCUT2D eigenvalue weighted by Crippen LogP contribution is -2.17. The van der Waals surface area contributed by atoms with Crippen molar-refractivity contribution in [3.8, 4) is 56.7 Å². The number of benzene rings is 8. The summed E-state index contributed by atoms with van der Waals surface area (Å²) < 4.78 is 4.70. The van der Waals surface area contributed by atoms with Crippen LogP contribution in [0.5, 0.6) is 0 Å². The van der Waals surface area contributed by atoms with E-state index in [2.05, 4.69) is 160 Å². The Hall–Kier alpha value is -8.09. The molecule has 0 bridgehead atoms. The van der Waals surface area contributed by atoms with Crippen molar-refractivity contribution in [1.29, 1.82) is 0 Å². The van der Waals surface area contributed by atoms with Gasteiger partial charge in [0.05, 0.1) is 33.6 Å². The summed E-state index contributed by atoms with van der Waals surface area (Å²) in [7, 11) is 0. The van der Waals surface area contributed by atoms with E-state index in [0.29, 0.717) is 17.5 Å². The maximum absolute atomic E-state index is 5.03. The number of anilines is 3. The van der Waals surface area contributed by atoms with Crippen molar-refractivity contribution in [2.75, 3.05) is 4.90 Å². The van der Waals surface area contributed by atoms with Crippen molar-refractivity contribution < 1.29 is 0 Å². The predicted octanol–water partition coefficient (Wildman–Crippen LogP) is 13.4. The van der Waals surface area contributed by atoms with E-state index >= 15 is 0 Å². The van der Waals surface area contributed by atoms with Crippen LogP contribution in [0.25, 0.3) is 89.4 Å². The first kappa shape index (κ1) is 33.1. The Labute approximate surface area is 340 Å². The maximum Gasteiger partial charge on any atom is 0.164 e. The first-order valence-electron chi connectivity index (χ1n) is 19.9. The molecule has 6 nitrogen and oxygen atoms in total. The second-order valence-corrected chi connectivity index (χ2v) is 14.9. The lowest BCUT2D eigenvalue weighted by molar-refractivity contribution is 1.07. The zero-order valence-corrected chi connectivity index (χ0v) is 31.8. The van der Waals surface area contributed by atoms with Crippen LogP contribution in [0.15, 0.2) is 206 Å². The van der Waals surface area contributed by atoms with E-state index in [-0.39, 0.29) is 0 Å². The summed E-state index contributed by atoms with van der Waals surface area (Å²) in [6.45, 7) is 0. The van der Waals surface area contributed by atoms with Gasteiger partial charge in [-0.05, 0) is 77.9 Å². The van der Waals surface area contributed by atoms with Crippen LogP contribution < -0.4 is 4.90 Å². The normalized spacial score (nSPS) is 12.0. The number of nitrogens with zero attached hydrogens (tertiary/aromatic N) is 6. The van der Waals surface area contributed by atoms with Crippen molar-refractivity contribution in [3.05, 3.63) is 206 Å². The van der Waals surface area contributed by atoms with Gasteiger partial charge < -0.3 is 14.0 Å². The van der Waals surface area contributed by atoms with E-state index in [0.717, 1.165) is 61.6 Å². The molecule has 0 N–H and O–H groups in total. The van der Waals surface area contributed by atoms with Crippen molar-refractivity contribution in [2.24, 2.45) is 0 Å². The summed E-state index contributed by atoms with van der Waals surface area (Å²) in [4.78, 5) is 17.4. The first-order chi connectivity index (χ1) is 29.2. The Morgan fingerprint density at radius 1 is 0.339 bits per heavy atom. The van der Waals surface area contributed by atoms with Gasteiger partial charge in [-0.15, -0.1) is 0 Å². The highest BCUT2D eigenvalue weighted by molar-refractivity contribution is 6.11. The third-order valence-corrected chi connectivity index (χ3v) is 11.5. The molecule has 12 rings (SSSR count). The summed E-state index contributed by atoms with van der Waals surface area (Å²) in [5, 5.41) is 3.61. The van der Waals surface area contributed by atoms with Crippen LogP contribution in [0.4, 0.5) is 17.1 Å². The van der Waals surface area contributed by atoms with Crippen LogP contribution in [0, 0.1) is 0 Å². The van der Waals surface area contributed by atoms with Gasteiger partial charge in [-0.3, -0.25) is 0 Å². The molecule has 6 heteroatoms. The molecule has 4 heterocycles. The Morgan fingerprint density at radius 2 is 0.932 bits per heavy atom. The van der Waals surface area contributed by atoms with Crippen molar-refractivity contribution in [3.63, 3.8) is 0 Å². The fraction of sp³-hybridized carbons (Fsp3) is 0. The number of hydrogen-bond donors (Lipinski definition) is 0. The monoisotopic (exact) mass is 754 g/mol. The van der Waals surface area contributed by atoms with Gasteiger partial charge >= 0.3 is 0 Å². The molecule has 0 atom stereocenters. The van der Waals surface area contributed by atoms with E-state index in [1.54, 1.807) is 0 Å². The molecule has 3 aromatic heterocycles. The third-order valence-electron chi connectivity index (χ3n) is 11.5. The molecule has 0 aliphatic carbocycles. The van der Waals surface area contributed by atoms with Gasteiger partial charge in [0.15, 0.2) is 17.5 Å². The van der Waals surface area contributed by atoms with E-state index in [1.165, 1.54) is 27.4 Å². The summed E-state index contributed by atoms with van der Waals surface area (Å²) in [5.74, 6) is 1.91. The molecular formula is C53H34N6. The fourth-order valence-corrected chi connectivity index (χ4v) is 8.78. The maximum atomic E-state index is 5.03. The molecule has 0 saturated carbocycles. The third kappa shape index (κ3) is 5.38. The molecule has 8 aromatic carbocycles. The minimum absolute atomic E-state index is 0.628. The lowest BCUT2D eigenvalue weighted by atomic mass is 10.00. The van der Waals surface area contributed by atoms with Crippen LogP contribution >= 0.6 is 0 Å². The van der Waals surface area contributed by atoms with Crippen LogP contribution in [-0.4, -0.2) is 24.1 Å². The fourth-order valence-electron chi connectivity index (χ4n) is 8.78. The largest absolute Gasteiger partial charge is 0.313 e. The molecule has 0 radical (unpaired) electrons. The molecule has 0 spiro atoms. The quantitative estimate of drug-likeness (QED) is 0.170. The SMILES string of the molecule is c1ccc(-c2nc(-c3ccccc3)nc(-c3cccc(-n4c5ccccc5c5cc(-c6ccc7c(c6)-n6ccc8cccc(c86)N7c6ccccc6)ccc54)c3)n2)cc1. The van der Waals surface area contributed by atoms with Crippen LogP contribution in [0.3, 0.4) is 0 Å². The minimum atomic E-state index is 0.628. The zero-order chi connectivity index (χ0) is 38.9. The van der Waals surface area contributed by atoms with Gasteiger partial charge in [0.2, 0.25) is 0 Å². The standard InChI is InChI=1S/C53H34N6/c1-4-14-36(15-5-1)51-54-52(37-16-6-2-7-17-37)56-53(55-51)40-19-12-22-42(32-40)59-45-24-11-10-23-43(45)44-33-38(26-28-46(44)59)39-27-29-47-49(34-39)57-31-30-35-18-13-25-48(50(35)57)58(47)41-20-8-3-9-21-41/h1-34H. The Balaban J connectivity index is 0.987. The van der Waals surface area contributed by atoms with Gasteiger partial charge in [-0.2, -0.15) is 0 Å². The zero-order valence-electron chi connectivity index (χ0n) is 31.8. The van der Waals surface area contributed by atoms with Crippen molar-refractivity contribution in [1.82, 2.24) is 24.1 Å². The number of aromatic nitrogens is 5. The molecule has 0 fully saturated rings. The molecule has 0 unspecified atom stereocenters. The lowest BCUT2D eigenvalue weighted by Gasteiger charge is -2.33. The second-order valence-electron chi connectivity index (χ2n) is 14.9. The Bertz CT molecular complexity index is 3330. The molecule has 1 aliphatic rings. The minimum Gasteiger partial charge on any atom is -0.313 e. The van der Waals surface area contributed by atoms with E-state index in [1.807, 2.05) is 60.7 Å². The smallest absolute Gasteiger partial charge is 0.164 e. The molecule has 0 saturated heterocycles. The van der Waals surface area contributed by atoms with Crippen LogP contribution in [0.1, 0.15) is 0 Å². The van der Waals surface area contributed by atoms with Crippen molar-refractivity contribution in [2.45, 2.75) is 0 Å². The summed E-state index contributed by atoms with van der Waals surface area (Å²) in [6.07, 6.45) is 2.20. The first-order valence-corrected chi connectivity index (χ1v) is 19.9. The number of para-hydroxylation sites is 3. The number of rotatable bonds is 6. The highest BCUT2D eigenvalue weighted by Crippen LogP contribution is 2.48. The number of fused-ring (bicyclic) bond motifs is 5. The molecule has 1 aliphatic heterocycles. The molecule has 0 amide bonds. The summed E-state index contributed by atoms with van der Waals surface area (Å²) >= 11 is 0. The predicted molar refractivity (Wildman–Crippen MR) is 241 cm³/mol. The van der Waals surface area contributed by atoms with Gasteiger partial charge in [0, 0.05) is 50.4 Å². The Kier molecular flexibility index (Phi) is 7.43. The van der Waals surface area contributed by atoms with E-state index < -0.39 is 0 Å². The molecular weight excluding hydrogens is 721 g/mol. The van der Waals surface area contributed by atoms with Gasteiger partial charge in [0.1, 0.15) is 0 Å². The van der Waals surface area contributed by atoms with Gasteiger partial charge in [0.25, 0.3) is 0 Å². The van der Waals surface area contributed by atoms with Gasteiger partial charge in [-0.1, -0.05) is 133 Å². The number of hydrogen-bond acceptors (Lipinski definition) is 4. The highest BCUT2D eigenvalue weighted by atomic mass is 15.2. The Morgan fingerprint density at radius 3 is 1.69 bits per heavy atom. The molecule has 276 valence electrons. The average molecular weight is 755 g/mol. The molecule has 11 aromatic rings. The molecule has 59 heavy (non-hydrogen) atoms. The summed E-state index contributed by atoms with van der Waals surface area (Å²) in [6, 6.07) is 70.6. The van der Waals surface area contributed by atoms with E-state index in [4.69, 9.17) is 15.0 Å².